The molecular weight excluding hydrogens is 1020 g/mol. The summed E-state index contributed by atoms with van der Waals surface area (Å²) in [5.41, 5.74) is 0.703. The van der Waals surface area contributed by atoms with Gasteiger partial charge in [0.1, 0.15) is 78.8 Å². The van der Waals surface area contributed by atoms with E-state index in [0.29, 0.717) is 11.1 Å². The van der Waals surface area contributed by atoms with E-state index in [1.807, 2.05) is 0 Å². The number of carboxylic acid groups (broad SMARTS) is 1. The van der Waals surface area contributed by atoms with Crippen LogP contribution in [0.2, 0.25) is 0 Å². The van der Waals surface area contributed by atoms with E-state index in [0.717, 1.165) is 18.2 Å². The van der Waals surface area contributed by atoms with Crippen LogP contribution in [0, 0.1) is 0 Å². The predicted molar refractivity (Wildman–Crippen MR) is 241 cm³/mol. The molecule has 2 saturated heterocycles. The van der Waals surface area contributed by atoms with Gasteiger partial charge in [-0.3, -0.25) is 0 Å². The van der Waals surface area contributed by atoms with Crippen LogP contribution in [0.4, 0.5) is 13.2 Å². The van der Waals surface area contributed by atoms with Crippen molar-refractivity contribution in [3.8, 4) is 63.1 Å². The molecule has 0 amide bonds. The van der Waals surface area contributed by atoms with E-state index in [-0.39, 0.29) is 45.3 Å². The van der Waals surface area contributed by atoms with Crippen LogP contribution in [0.3, 0.4) is 0 Å². The maximum Gasteiger partial charge on any atom is 0.430 e. The van der Waals surface area contributed by atoms with Crippen LogP contribution >= 0.6 is 0 Å². The molecule has 2 fully saturated rings. The van der Waals surface area contributed by atoms with Gasteiger partial charge >= 0.3 is 29.5 Å². The first-order valence-electron chi connectivity index (χ1n) is 21.6. The molecule has 0 aliphatic carbocycles. The standard InChI is InChI=1S/C46H44O22.C2HF3O2/c1-61-32-14-22(6-9-27(32)50)43-33(17-24-28(51)15-23(47)16-31(24)64-43)65-46-44(41(59)39(57)35(67-46)19-63-37(55)11-5-21-3-8-26(49)30(53)13-21)68-45-42(60)40(58)38(56)34(66-45)18-62-36(54)10-4-20-2-7-25(48)29(52)12-20;3-2(4,5)1(6)7/h2-17,34-35,38-42,44-46,56-60H,18-19H2,1H3,(H6-,47,48,49,50,51,52,53,54,55);(H,6,7)/t34-,35-,38-,39-,40+,41+,42-,44-,45+,46-;/m1./s1. The second kappa shape index (κ2) is 23.8. The highest BCUT2D eigenvalue weighted by Gasteiger charge is 2.52. The first kappa shape index (κ1) is 56.2. The molecule has 75 heavy (non-hydrogen) atoms. The molecule has 7 rings (SSSR count). The zero-order valence-electron chi connectivity index (χ0n) is 38.3. The summed E-state index contributed by atoms with van der Waals surface area (Å²) in [5, 5.41) is 135. The first-order chi connectivity index (χ1) is 35.3. The first-order valence-corrected chi connectivity index (χ1v) is 21.6. The molecule has 1 aromatic heterocycles. The SMILES string of the molecule is COc1cc(-c2[o+]c3cc(O)cc(O)c3cc2O[C@@H]2O[C@H](COC(=O)/C=C/c3ccc(O)c(O)c3)[C@@H](O)[C@H](O)[C@H]2O[C@@H]2O[C@H](COC(=O)/C=C/c3ccc(O)c(O)c3)[C@@H](O)[C@H](O)[C@H]2O)ccc1O.O=C([O-])C(F)(F)F. The third-order valence-corrected chi connectivity index (χ3v) is 10.9. The molecule has 4 aromatic carbocycles. The van der Waals surface area contributed by atoms with Crippen molar-refractivity contribution >= 4 is 41.0 Å². The molecule has 24 nitrogen and oxygen atoms in total. The van der Waals surface area contributed by atoms with Gasteiger partial charge in [0.05, 0.1) is 18.7 Å². The van der Waals surface area contributed by atoms with Crippen molar-refractivity contribution in [3.63, 3.8) is 0 Å². The van der Waals surface area contributed by atoms with Gasteiger partial charge in [0.2, 0.25) is 12.0 Å². The lowest BCUT2D eigenvalue weighted by atomic mass is 9.97. The van der Waals surface area contributed by atoms with E-state index < -0.39 is 127 Å². The van der Waals surface area contributed by atoms with E-state index in [4.69, 9.17) is 47.5 Å². The lowest BCUT2D eigenvalue weighted by Crippen LogP contribution is -2.65. The summed E-state index contributed by atoms with van der Waals surface area (Å²) < 4.78 is 77.5. The Bertz CT molecular complexity index is 2930. The summed E-state index contributed by atoms with van der Waals surface area (Å²) in [7, 11) is 1.28. The van der Waals surface area contributed by atoms with Gasteiger partial charge in [-0.2, -0.15) is 13.2 Å². The average molecular weight is 1060 g/mol. The molecule has 0 radical (unpaired) electrons. The molecule has 0 saturated carbocycles. The summed E-state index contributed by atoms with van der Waals surface area (Å²) in [4.78, 5) is 34.2. The molecule has 0 unspecified atom stereocenters. The van der Waals surface area contributed by atoms with Crippen molar-refractivity contribution in [2.45, 2.75) is 67.6 Å². The number of halogens is 3. The van der Waals surface area contributed by atoms with Gasteiger partial charge in [-0.25, -0.2) is 14.0 Å². The Morgan fingerprint density at radius 1 is 0.627 bits per heavy atom. The van der Waals surface area contributed by atoms with Crippen molar-refractivity contribution in [1.82, 2.24) is 0 Å². The molecule has 27 heteroatoms. The lowest BCUT2D eigenvalue weighted by molar-refractivity contribution is -0.358. The molecule has 3 heterocycles. The van der Waals surface area contributed by atoms with E-state index in [9.17, 15) is 84.0 Å². The molecule has 0 spiro atoms. The number of esters is 2. The minimum atomic E-state index is -5.19. The molecule has 5 aromatic rings. The molecule has 2 aliphatic rings. The maximum absolute atomic E-state index is 12.8. The number of methoxy groups -OCH3 is 1. The Morgan fingerprint density at radius 2 is 1.15 bits per heavy atom. The van der Waals surface area contributed by atoms with Gasteiger partial charge in [0.25, 0.3) is 0 Å². The second-order valence-corrected chi connectivity index (χ2v) is 16.2. The number of carbonyl (C=O) groups excluding carboxylic acids is 3. The van der Waals surface area contributed by atoms with Crippen LogP contribution < -0.4 is 14.6 Å². The fourth-order valence-corrected chi connectivity index (χ4v) is 7.06. The van der Waals surface area contributed by atoms with Gasteiger partial charge in [0.15, 0.2) is 46.9 Å². The van der Waals surface area contributed by atoms with Crippen LogP contribution in [-0.2, 0) is 38.1 Å². The number of ether oxygens (including phenoxy) is 7. The molecule has 402 valence electrons. The van der Waals surface area contributed by atoms with Crippen LogP contribution in [0.15, 0.2) is 89.4 Å². The van der Waals surface area contributed by atoms with Crippen molar-refractivity contribution in [1.29, 1.82) is 0 Å². The Balaban J connectivity index is 0.00000122. The minimum absolute atomic E-state index is 0.0209. The number of phenols is 7. The maximum atomic E-state index is 12.8. The van der Waals surface area contributed by atoms with Gasteiger partial charge in [-0.05, 0) is 59.7 Å². The number of alkyl halides is 3. The molecular formula is C48H45F3O24. The summed E-state index contributed by atoms with van der Waals surface area (Å²) in [5.74, 6) is -8.26. The summed E-state index contributed by atoms with van der Waals surface area (Å²) in [6.45, 7) is -1.49. The molecule has 12 N–H and O–H groups in total. The summed E-state index contributed by atoms with van der Waals surface area (Å²) in [6.07, 6.45) is -19.9. The normalized spacial score (nSPS) is 23.8. The number of carboxylic acids is 1. The number of phenolic OH excluding ortho intramolecular Hbond substituents is 7. The van der Waals surface area contributed by atoms with Gasteiger partial charge in [-0.1, -0.05) is 12.1 Å². The highest BCUT2D eigenvalue weighted by molar-refractivity contribution is 5.89. The zero-order valence-corrected chi connectivity index (χ0v) is 38.3. The largest absolute Gasteiger partial charge is 0.542 e. The van der Waals surface area contributed by atoms with E-state index in [1.165, 1.54) is 86.0 Å². The molecule has 10 atom stereocenters. The highest BCUT2D eigenvalue weighted by atomic mass is 19.4. The fourth-order valence-electron chi connectivity index (χ4n) is 7.06. The number of aliphatic carboxylic acids is 1. The predicted octanol–water partition coefficient (Wildman–Crippen LogP) is 1.16. The number of aromatic hydroxyl groups is 7. The average Bonchev–Trinajstić information content (AvgIpc) is 3.36. The third kappa shape index (κ3) is 13.9. The highest BCUT2D eigenvalue weighted by Crippen LogP contribution is 2.43. The number of rotatable bonds is 14. The number of carbonyl (C=O) groups is 3. The van der Waals surface area contributed by atoms with Crippen molar-refractivity contribution in [2.75, 3.05) is 20.3 Å². The number of benzene rings is 4. The quantitative estimate of drug-likeness (QED) is 0.0321. The van der Waals surface area contributed by atoms with Crippen LogP contribution in [0.25, 0.3) is 34.4 Å². The molecule has 0 bridgehead atoms. The van der Waals surface area contributed by atoms with Crippen molar-refractivity contribution in [2.24, 2.45) is 0 Å². The number of aliphatic hydroxyl groups is 5. The topological polar surface area (TPSA) is 393 Å². The Kier molecular flexibility index (Phi) is 17.8. The monoisotopic (exact) mass is 1060 g/mol. The van der Waals surface area contributed by atoms with Gasteiger partial charge < -0.3 is 104 Å². The van der Waals surface area contributed by atoms with Crippen molar-refractivity contribution < 1.29 is 132 Å². The van der Waals surface area contributed by atoms with Crippen molar-refractivity contribution in [3.05, 3.63) is 96.1 Å². The fraction of sp³-hybridized carbons (Fsp3) is 0.292. The second-order valence-electron chi connectivity index (χ2n) is 16.2. The number of aliphatic hydroxyl groups excluding tert-OH is 5. The lowest BCUT2D eigenvalue weighted by Gasteiger charge is -2.45. The van der Waals surface area contributed by atoms with E-state index in [2.05, 4.69) is 0 Å². The summed E-state index contributed by atoms with van der Waals surface area (Å²) >= 11 is 0. The van der Waals surface area contributed by atoms with Crippen LogP contribution in [0.1, 0.15) is 11.1 Å². The van der Waals surface area contributed by atoms with Gasteiger partial charge in [-0.15, -0.1) is 0 Å². The Labute approximate surface area is 418 Å². The Hall–Kier alpha value is -8.15. The van der Waals surface area contributed by atoms with E-state index in [1.54, 1.807) is 0 Å². The number of hydrogen-bond donors (Lipinski definition) is 12. The molecule has 2 aliphatic heterocycles. The van der Waals surface area contributed by atoms with Crippen LogP contribution in [0.5, 0.6) is 51.7 Å². The third-order valence-electron chi connectivity index (χ3n) is 10.9. The van der Waals surface area contributed by atoms with E-state index >= 15 is 0 Å². The minimum Gasteiger partial charge on any atom is -0.542 e. The van der Waals surface area contributed by atoms with Gasteiger partial charge in [0, 0.05) is 30.4 Å². The van der Waals surface area contributed by atoms with Crippen LogP contribution in [-0.4, -0.2) is 167 Å². The Morgan fingerprint density at radius 3 is 1.67 bits per heavy atom. The number of hydrogen-bond acceptors (Lipinski definition) is 23. The summed E-state index contributed by atoms with van der Waals surface area (Å²) in [6, 6.07) is 14.9. The zero-order chi connectivity index (χ0) is 55.1. The number of fused-ring (bicyclic) bond motifs is 1. The smallest absolute Gasteiger partial charge is 0.430 e.